The molecule has 0 saturated heterocycles. The first kappa shape index (κ1) is 23.1. The summed E-state index contributed by atoms with van der Waals surface area (Å²) in [6.07, 6.45) is 1.74. The molecule has 7 aromatic carbocycles. The Morgan fingerprint density at radius 3 is 1.69 bits per heavy atom. The van der Waals surface area contributed by atoms with Gasteiger partial charge >= 0.3 is 0 Å². The molecule has 0 saturated carbocycles. The Balaban J connectivity index is 1.36. The van der Waals surface area contributed by atoms with Crippen LogP contribution in [0.3, 0.4) is 0 Å². The van der Waals surface area contributed by atoms with Crippen molar-refractivity contribution in [2.75, 3.05) is 0 Å². The summed E-state index contributed by atoms with van der Waals surface area (Å²) in [6, 6.07) is 49.7. The van der Waals surface area contributed by atoms with Gasteiger partial charge in [-0.05, 0) is 85.3 Å². The lowest BCUT2D eigenvalue weighted by Gasteiger charge is -2.19. The summed E-state index contributed by atoms with van der Waals surface area (Å²) in [5.41, 5.74) is 9.93. The lowest BCUT2D eigenvalue weighted by Crippen LogP contribution is -1.92. The smallest absolute Gasteiger partial charge is 0.136 e. The van der Waals surface area contributed by atoms with Gasteiger partial charge in [0.15, 0.2) is 0 Å². The molecule has 0 fully saturated rings. The van der Waals surface area contributed by atoms with E-state index in [0.29, 0.717) is 0 Å². The average Bonchev–Trinajstić information content (AvgIpc) is 3.68. The normalized spacial score (nSPS) is 11.8. The Morgan fingerprint density at radius 2 is 0.952 bits per heavy atom. The Labute approximate surface area is 242 Å². The molecule has 0 amide bonds. The van der Waals surface area contributed by atoms with Crippen molar-refractivity contribution in [3.05, 3.63) is 146 Å². The van der Waals surface area contributed by atoms with Gasteiger partial charge in [-0.1, -0.05) is 109 Å². The molecule has 0 aliphatic carbocycles. The van der Waals surface area contributed by atoms with Gasteiger partial charge in [-0.2, -0.15) is 0 Å². The third-order valence-electron chi connectivity index (χ3n) is 8.57. The second-order valence-corrected chi connectivity index (χ2v) is 10.8. The molecular weight excluding hydrogens is 512 g/mol. The van der Waals surface area contributed by atoms with E-state index in [9.17, 15) is 0 Å². The summed E-state index contributed by atoms with van der Waals surface area (Å²) in [5.74, 6) is 0. The van der Waals surface area contributed by atoms with Gasteiger partial charge in [-0.15, -0.1) is 0 Å². The van der Waals surface area contributed by atoms with E-state index in [1.54, 1.807) is 6.26 Å². The van der Waals surface area contributed by atoms with E-state index in [-0.39, 0.29) is 0 Å². The summed E-state index contributed by atoms with van der Waals surface area (Å²) in [5, 5.41) is 8.20. The van der Waals surface area contributed by atoms with E-state index in [1.807, 2.05) is 18.2 Å². The molecule has 0 atom stereocenters. The highest BCUT2D eigenvalue weighted by Crippen LogP contribution is 2.47. The first-order valence-corrected chi connectivity index (χ1v) is 14.3. The van der Waals surface area contributed by atoms with Crippen LogP contribution in [0.15, 0.2) is 155 Å². The van der Waals surface area contributed by atoms with Gasteiger partial charge in [-0.3, -0.25) is 0 Å². The maximum atomic E-state index is 6.43. The molecule has 0 unspecified atom stereocenters. The first-order valence-electron chi connectivity index (χ1n) is 14.3. The van der Waals surface area contributed by atoms with Gasteiger partial charge in [0.1, 0.15) is 16.7 Å². The molecule has 9 rings (SSSR count). The molecule has 2 heteroatoms. The lowest BCUT2D eigenvalue weighted by molar-refractivity contribution is 0.615. The maximum Gasteiger partial charge on any atom is 0.136 e. The molecule has 0 N–H and O–H groups in total. The Bertz CT molecular complexity index is 2400. The number of benzene rings is 7. The third kappa shape index (κ3) is 3.33. The fourth-order valence-electron chi connectivity index (χ4n) is 6.77. The predicted octanol–water partition coefficient (Wildman–Crippen LogP) is 11.6. The summed E-state index contributed by atoms with van der Waals surface area (Å²) >= 11 is 0. The molecule has 0 aliphatic heterocycles. The molecule has 2 heterocycles. The van der Waals surface area contributed by atoms with Crippen molar-refractivity contribution < 1.29 is 8.83 Å². The van der Waals surface area contributed by atoms with E-state index in [1.165, 1.54) is 49.4 Å². The molecule has 0 radical (unpaired) electrons. The van der Waals surface area contributed by atoms with Crippen molar-refractivity contribution >= 4 is 54.5 Å². The predicted molar refractivity (Wildman–Crippen MR) is 175 cm³/mol. The van der Waals surface area contributed by atoms with E-state index in [0.717, 1.165) is 38.5 Å². The van der Waals surface area contributed by atoms with Gasteiger partial charge in [-0.25, -0.2) is 0 Å². The van der Waals surface area contributed by atoms with E-state index in [2.05, 4.69) is 121 Å². The van der Waals surface area contributed by atoms with Crippen LogP contribution in [0.25, 0.3) is 87.8 Å². The number of hydrogen-bond acceptors (Lipinski definition) is 2. The molecule has 2 aromatic heterocycles. The zero-order valence-electron chi connectivity index (χ0n) is 22.7. The van der Waals surface area contributed by atoms with Gasteiger partial charge < -0.3 is 8.83 Å². The monoisotopic (exact) mass is 536 g/mol. The topological polar surface area (TPSA) is 26.3 Å². The van der Waals surface area contributed by atoms with Gasteiger partial charge in [0.25, 0.3) is 0 Å². The van der Waals surface area contributed by atoms with Crippen molar-refractivity contribution in [3.63, 3.8) is 0 Å². The molecular formula is C40H24O2. The molecule has 42 heavy (non-hydrogen) atoms. The van der Waals surface area contributed by atoms with Crippen LogP contribution >= 0.6 is 0 Å². The van der Waals surface area contributed by atoms with Crippen LogP contribution in [0.4, 0.5) is 0 Å². The van der Waals surface area contributed by atoms with Crippen LogP contribution in [0.2, 0.25) is 0 Å². The van der Waals surface area contributed by atoms with Crippen molar-refractivity contribution in [2.45, 2.75) is 0 Å². The van der Waals surface area contributed by atoms with E-state index >= 15 is 0 Å². The quantitative estimate of drug-likeness (QED) is 0.210. The van der Waals surface area contributed by atoms with Crippen molar-refractivity contribution in [1.29, 1.82) is 0 Å². The second kappa shape index (κ2) is 8.95. The molecule has 2 nitrogen and oxygen atoms in total. The fourth-order valence-corrected chi connectivity index (χ4v) is 6.77. The van der Waals surface area contributed by atoms with Crippen molar-refractivity contribution in [2.24, 2.45) is 0 Å². The lowest BCUT2D eigenvalue weighted by atomic mass is 9.84. The highest BCUT2D eigenvalue weighted by Gasteiger charge is 2.20. The Morgan fingerprint density at radius 1 is 0.357 bits per heavy atom. The summed E-state index contributed by atoms with van der Waals surface area (Å²) in [4.78, 5) is 0. The van der Waals surface area contributed by atoms with Crippen LogP contribution in [-0.2, 0) is 0 Å². The van der Waals surface area contributed by atoms with Gasteiger partial charge in [0.2, 0.25) is 0 Å². The first-order chi connectivity index (χ1) is 20.8. The van der Waals surface area contributed by atoms with Crippen molar-refractivity contribution in [3.8, 4) is 33.4 Å². The third-order valence-corrected chi connectivity index (χ3v) is 8.57. The molecule has 0 spiro atoms. The Hall–Kier alpha value is -5.60. The Kier molecular flexibility index (Phi) is 4.93. The molecule has 196 valence electrons. The van der Waals surface area contributed by atoms with E-state index < -0.39 is 0 Å². The summed E-state index contributed by atoms with van der Waals surface area (Å²) in [6.45, 7) is 0. The standard InChI is InChI=1S/C40H24O2/c1-2-10-25(11-3-1)27-12-4-5-13-28(27)39-31-16-8-6-14-29(31)38(30-15-7-9-17-32(30)39)26-18-19-33-37(24-26)42-36-21-20-35-34(40(33)36)22-23-41-35/h1-24H. The fraction of sp³-hybridized carbons (Fsp3) is 0. The summed E-state index contributed by atoms with van der Waals surface area (Å²) in [7, 11) is 0. The number of rotatable bonds is 3. The minimum absolute atomic E-state index is 0.873. The highest BCUT2D eigenvalue weighted by molar-refractivity contribution is 6.23. The number of fused-ring (bicyclic) bond motifs is 7. The van der Waals surface area contributed by atoms with Crippen LogP contribution in [0.1, 0.15) is 0 Å². The van der Waals surface area contributed by atoms with E-state index in [4.69, 9.17) is 8.83 Å². The van der Waals surface area contributed by atoms with Crippen LogP contribution in [0, 0.1) is 0 Å². The zero-order valence-corrected chi connectivity index (χ0v) is 22.7. The number of furan rings is 2. The minimum atomic E-state index is 0.873. The second-order valence-electron chi connectivity index (χ2n) is 10.8. The van der Waals surface area contributed by atoms with Gasteiger partial charge in [0, 0.05) is 16.2 Å². The average molecular weight is 537 g/mol. The van der Waals surface area contributed by atoms with Crippen LogP contribution in [0.5, 0.6) is 0 Å². The number of hydrogen-bond donors (Lipinski definition) is 0. The van der Waals surface area contributed by atoms with Crippen molar-refractivity contribution in [1.82, 2.24) is 0 Å². The molecule has 0 aliphatic rings. The SMILES string of the molecule is c1ccc(-c2ccccc2-c2c3ccccc3c(-c3ccc4c(c3)oc3ccc5occc5c34)c3ccccc23)cc1. The zero-order chi connectivity index (χ0) is 27.6. The van der Waals surface area contributed by atoms with Gasteiger partial charge in [0.05, 0.1) is 6.26 Å². The largest absolute Gasteiger partial charge is 0.464 e. The molecule has 9 aromatic rings. The minimum Gasteiger partial charge on any atom is -0.464 e. The summed E-state index contributed by atoms with van der Waals surface area (Å²) < 4.78 is 12.1. The highest BCUT2D eigenvalue weighted by atomic mass is 16.3. The maximum absolute atomic E-state index is 6.43. The molecule has 0 bridgehead atoms. The van der Waals surface area contributed by atoms with Crippen LogP contribution in [-0.4, -0.2) is 0 Å². The van der Waals surface area contributed by atoms with Crippen LogP contribution < -0.4 is 0 Å².